The Kier molecular flexibility index (Phi) is 6.70. The number of para-hydroxylation sites is 1. The molecule has 0 atom stereocenters. The molecular weight excluding hydrogens is 344 g/mol. The molecule has 6 heteroatoms. The third-order valence-electron chi connectivity index (χ3n) is 3.86. The fourth-order valence-electron chi connectivity index (χ4n) is 2.48. The molecule has 0 aliphatic carbocycles. The van der Waals surface area contributed by atoms with E-state index in [0.717, 1.165) is 17.7 Å². The average Bonchev–Trinajstić information content (AvgIpc) is 2.60. The molecule has 2 aromatic rings. The zero-order chi connectivity index (χ0) is 18.4. The number of hydrogen-bond acceptors (Lipinski definition) is 3. The zero-order valence-electron chi connectivity index (χ0n) is 14.4. The second kappa shape index (κ2) is 8.76. The lowest BCUT2D eigenvalue weighted by Crippen LogP contribution is -2.15. The number of anilines is 1. The van der Waals surface area contributed by atoms with Gasteiger partial charge in [0.05, 0.1) is 12.8 Å². The smallest absolute Gasteiger partial charge is 0.265 e. The Labute approximate surface area is 152 Å². The molecule has 0 radical (unpaired) electrons. The van der Waals surface area contributed by atoms with Crippen molar-refractivity contribution >= 4 is 23.1 Å². The molecule has 0 aliphatic rings. The van der Waals surface area contributed by atoms with Gasteiger partial charge in [-0.25, -0.2) is 8.78 Å². The SMILES string of the molecule is CCc1ccc(OCc2cccc(C(F)F)c2NC(=S)OC)c(C)c1. The number of rotatable bonds is 6. The summed E-state index contributed by atoms with van der Waals surface area (Å²) in [4.78, 5) is 0. The summed E-state index contributed by atoms with van der Waals surface area (Å²) in [6.45, 7) is 4.19. The number of hydrogen-bond donors (Lipinski definition) is 1. The van der Waals surface area contributed by atoms with E-state index >= 15 is 0 Å². The Morgan fingerprint density at radius 3 is 2.60 bits per heavy atom. The molecule has 0 bridgehead atoms. The topological polar surface area (TPSA) is 30.5 Å². The van der Waals surface area contributed by atoms with Crippen LogP contribution in [0.1, 0.15) is 35.6 Å². The zero-order valence-corrected chi connectivity index (χ0v) is 15.3. The summed E-state index contributed by atoms with van der Waals surface area (Å²) in [5.41, 5.74) is 2.89. The van der Waals surface area contributed by atoms with E-state index in [4.69, 9.17) is 21.7 Å². The number of thiocarbonyl (C=S) groups is 1. The predicted octanol–water partition coefficient (Wildman–Crippen LogP) is 5.42. The molecule has 2 rings (SSSR count). The first-order valence-electron chi connectivity index (χ1n) is 7.93. The average molecular weight is 365 g/mol. The molecule has 0 aromatic heterocycles. The van der Waals surface area contributed by atoms with Crippen molar-refractivity contribution in [1.82, 2.24) is 0 Å². The molecular formula is C19H21F2NO2S. The maximum absolute atomic E-state index is 13.3. The van der Waals surface area contributed by atoms with Gasteiger partial charge in [-0.3, -0.25) is 0 Å². The second-order valence-corrected chi connectivity index (χ2v) is 5.91. The summed E-state index contributed by atoms with van der Waals surface area (Å²) in [6.07, 6.45) is -1.69. The van der Waals surface area contributed by atoms with Crippen LogP contribution in [0.4, 0.5) is 14.5 Å². The number of aryl methyl sites for hydroxylation is 2. The minimum Gasteiger partial charge on any atom is -0.489 e. The summed E-state index contributed by atoms with van der Waals surface area (Å²) >= 11 is 4.95. The summed E-state index contributed by atoms with van der Waals surface area (Å²) < 4.78 is 37.3. The van der Waals surface area contributed by atoms with Crippen LogP contribution in [-0.2, 0) is 17.8 Å². The maximum atomic E-state index is 13.3. The minimum atomic E-state index is -2.63. The highest BCUT2D eigenvalue weighted by Gasteiger charge is 2.18. The van der Waals surface area contributed by atoms with Crippen LogP contribution in [0.15, 0.2) is 36.4 Å². The molecule has 134 valence electrons. The number of benzene rings is 2. The molecule has 0 heterocycles. The van der Waals surface area contributed by atoms with Crippen LogP contribution in [-0.4, -0.2) is 12.3 Å². The van der Waals surface area contributed by atoms with E-state index in [0.29, 0.717) is 5.56 Å². The molecule has 25 heavy (non-hydrogen) atoms. The molecule has 3 nitrogen and oxygen atoms in total. The van der Waals surface area contributed by atoms with Crippen molar-refractivity contribution in [3.8, 4) is 5.75 Å². The van der Waals surface area contributed by atoms with Crippen molar-refractivity contribution in [3.05, 3.63) is 58.7 Å². The van der Waals surface area contributed by atoms with E-state index < -0.39 is 6.43 Å². The van der Waals surface area contributed by atoms with Gasteiger partial charge in [0, 0.05) is 11.1 Å². The van der Waals surface area contributed by atoms with Gasteiger partial charge in [0.1, 0.15) is 12.4 Å². The normalized spacial score (nSPS) is 10.6. The number of ether oxygens (including phenoxy) is 2. The van der Waals surface area contributed by atoms with Crippen LogP contribution in [0.5, 0.6) is 5.75 Å². The number of methoxy groups -OCH3 is 1. The molecule has 0 saturated heterocycles. The Morgan fingerprint density at radius 1 is 1.24 bits per heavy atom. The first-order valence-corrected chi connectivity index (χ1v) is 8.34. The van der Waals surface area contributed by atoms with Crippen molar-refractivity contribution in [2.45, 2.75) is 33.3 Å². The number of halogens is 2. The molecule has 1 N–H and O–H groups in total. The number of alkyl halides is 2. The lowest BCUT2D eigenvalue weighted by molar-refractivity contribution is 0.152. The third kappa shape index (κ3) is 4.89. The summed E-state index contributed by atoms with van der Waals surface area (Å²) in [5, 5.41) is 2.75. The molecule has 0 fully saturated rings. The predicted molar refractivity (Wildman–Crippen MR) is 99.5 cm³/mol. The van der Waals surface area contributed by atoms with E-state index in [-0.39, 0.29) is 23.0 Å². The van der Waals surface area contributed by atoms with Crippen molar-refractivity contribution in [2.75, 3.05) is 12.4 Å². The Bertz CT molecular complexity index is 750. The molecule has 0 aliphatic heterocycles. The Morgan fingerprint density at radius 2 is 2.00 bits per heavy atom. The van der Waals surface area contributed by atoms with Crippen molar-refractivity contribution < 1.29 is 18.3 Å². The van der Waals surface area contributed by atoms with E-state index in [9.17, 15) is 8.78 Å². The van der Waals surface area contributed by atoms with Crippen LogP contribution < -0.4 is 10.1 Å². The van der Waals surface area contributed by atoms with E-state index in [1.165, 1.54) is 18.7 Å². The maximum Gasteiger partial charge on any atom is 0.265 e. The van der Waals surface area contributed by atoms with Gasteiger partial charge in [-0.05, 0) is 42.8 Å². The van der Waals surface area contributed by atoms with Crippen molar-refractivity contribution in [1.29, 1.82) is 0 Å². The lowest BCUT2D eigenvalue weighted by atomic mass is 10.1. The van der Waals surface area contributed by atoms with Gasteiger partial charge in [0.15, 0.2) is 0 Å². The summed E-state index contributed by atoms with van der Waals surface area (Å²) in [6, 6.07) is 10.6. The number of nitrogens with one attached hydrogen (secondary N) is 1. The standard InChI is InChI=1S/C19H21F2NO2S/c1-4-13-8-9-16(12(2)10-13)24-11-14-6-5-7-15(18(20)21)17(14)22-19(25)23-3/h5-10,18H,4,11H2,1-3H3,(H,22,25). The Hall–Kier alpha value is -2.21. The first kappa shape index (κ1) is 19.1. The van der Waals surface area contributed by atoms with Crippen LogP contribution >= 0.6 is 12.2 Å². The van der Waals surface area contributed by atoms with Crippen molar-refractivity contribution in [3.63, 3.8) is 0 Å². The highest BCUT2D eigenvalue weighted by molar-refractivity contribution is 7.80. The van der Waals surface area contributed by atoms with Gasteiger partial charge >= 0.3 is 0 Å². The fraction of sp³-hybridized carbons (Fsp3) is 0.316. The van der Waals surface area contributed by atoms with E-state index in [1.54, 1.807) is 12.1 Å². The van der Waals surface area contributed by atoms with Crippen LogP contribution in [0.25, 0.3) is 0 Å². The fourth-order valence-corrected chi connectivity index (χ4v) is 2.58. The first-order chi connectivity index (χ1) is 12.0. The third-order valence-corrected chi connectivity index (χ3v) is 4.13. The molecule has 0 saturated carbocycles. The van der Waals surface area contributed by atoms with Gasteiger partial charge in [-0.1, -0.05) is 37.3 Å². The highest BCUT2D eigenvalue weighted by atomic mass is 32.1. The van der Waals surface area contributed by atoms with Gasteiger partial charge in [0.2, 0.25) is 0 Å². The Balaban J connectivity index is 2.26. The minimum absolute atomic E-state index is 0.0258. The van der Waals surface area contributed by atoms with Gasteiger partial charge in [-0.2, -0.15) is 0 Å². The van der Waals surface area contributed by atoms with Crippen LogP contribution in [0.2, 0.25) is 0 Å². The highest BCUT2D eigenvalue weighted by Crippen LogP contribution is 2.31. The summed E-state index contributed by atoms with van der Waals surface area (Å²) in [7, 11) is 1.38. The monoisotopic (exact) mass is 365 g/mol. The van der Waals surface area contributed by atoms with Crippen LogP contribution in [0, 0.1) is 6.92 Å². The molecule has 0 amide bonds. The molecule has 0 unspecified atom stereocenters. The van der Waals surface area contributed by atoms with Gasteiger partial charge in [-0.15, -0.1) is 0 Å². The largest absolute Gasteiger partial charge is 0.489 e. The van der Waals surface area contributed by atoms with Crippen molar-refractivity contribution in [2.24, 2.45) is 0 Å². The van der Waals surface area contributed by atoms with E-state index in [1.807, 2.05) is 19.1 Å². The quantitative estimate of drug-likeness (QED) is 0.693. The molecule has 2 aromatic carbocycles. The van der Waals surface area contributed by atoms with Gasteiger partial charge < -0.3 is 14.8 Å². The lowest BCUT2D eigenvalue weighted by Gasteiger charge is -2.17. The van der Waals surface area contributed by atoms with Gasteiger partial charge in [0.25, 0.3) is 11.6 Å². The summed E-state index contributed by atoms with van der Waals surface area (Å²) in [5.74, 6) is 0.722. The van der Waals surface area contributed by atoms with Crippen LogP contribution in [0.3, 0.4) is 0 Å². The molecule has 0 spiro atoms. The second-order valence-electron chi connectivity index (χ2n) is 5.54. The van der Waals surface area contributed by atoms with E-state index in [2.05, 4.69) is 18.3 Å².